The van der Waals surface area contributed by atoms with E-state index in [0.29, 0.717) is 18.2 Å². The van der Waals surface area contributed by atoms with Crippen molar-refractivity contribution in [1.82, 2.24) is 9.97 Å². The summed E-state index contributed by atoms with van der Waals surface area (Å²) in [4.78, 5) is 7.95. The standard InChI is InChI=1S/C8H14N4O/c1-6(5-13-2)12-8-7(9)10-3-4-11-8/h3-4,6H,5H2,1-2H3,(H2,9,10)(H,11,12). The second-order valence-corrected chi connectivity index (χ2v) is 2.79. The van der Waals surface area contributed by atoms with Gasteiger partial charge in [-0.25, -0.2) is 9.97 Å². The molecule has 5 heteroatoms. The molecule has 3 N–H and O–H groups in total. The van der Waals surface area contributed by atoms with Gasteiger partial charge in [-0.2, -0.15) is 0 Å². The summed E-state index contributed by atoms with van der Waals surface area (Å²) >= 11 is 0. The highest BCUT2D eigenvalue weighted by Gasteiger charge is 2.04. The van der Waals surface area contributed by atoms with Crippen molar-refractivity contribution < 1.29 is 4.74 Å². The minimum atomic E-state index is 0.170. The lowest BCUT2D eigenvalue weighted by atomic mass is 10.3. The number of anilines is 2. The number of nitrogens with zero attached hydrogens (tertiary/aromatic N) is 2. The van der Waals surface area contributed by atoms with Crippen LogP contribution in [0.4, 0.5) is 11.6 Å². The number of hydrogen-bond donors (Lipinski definition) is 2. The fraction of sp³-hybridized carbons (Fsp3) is 0.500. The third-order valence-electron chi connectivity index (χ3n) is 1.53. The Morgan fingerprint density at radius 3 is 2.85 bits per heavy atom. The van der Waals surface area contributed by atoms with Crippen molar-refractivity contribution in [1.29, 1.82) is 0 Å². The summed E-state index contributed by atoms with van der Waals surface area (Å²) in [5, 5.41) is 3.09. The molecule has 0 spiro atoms. The van der Waals surface area contributed by atoms with Gasteiger partial charge in [-0.05, 0) is 6.92 Å². The van der Waals surface area contributed by atoms with E-state index in [9.17, 15) is 0 Å². The summed E-state index contributed by atoms with van der Waals surface area (Å²) in [6.45, 7) is 2.59. The molecule has 0 saturated heterocycles. The molecule has 13 heavy (non-hydrogen) atoms. The molecule has 0 aliphatic heterocycles. The van der Waals surface area contributed by atoms with E-state index in [0.717, 1.165) is 0 Å². The molecular weight excluding hydrogens is 168 g/mol. The Balaban J connectivity index is 2.58. The highest BCUT2D eigenvalue weighted by Crippen LogP contribution is 2.10. The molecule has 1 aromatic rings. The summed E-state index contributed by atoms with van der Waals surface area (Å²) in [6.07, 6.45) is 3.15. The number of rotatable bonds is 4. The quantitative estimate of drug-likeness (QED) is 0.709. The number of nitrogens with one attached hydrogen (secondary N) is 1. The third-order valence-corrected chi connectivity index (χ3v) is 1.53. The minimum Gasteiger partial charge on any atom is -0.383 e. The molecule has 0 amide bonds. The van der Waals surface area contributed by atoms with Crippen LogP contribution in [0.3, 0.4) is 0 Å². The van der Waals surface area contributed by atoms with E-state index >= 15 is 0 Å². The number of nitrogen functional groups attached to an aromatic ring is 1. The average Bonchev–Trinajstić information content (AvgIpc) is 2.09. The first-order valence-corrected chi connectivity index (χ1v) is 4.06. The van der Waals surface area contributed by atoms with E-state index in [4.69, 9.17) is 10.5 Å². The van der Waals surface area contributed by atoms with Crippen LogP contribution in [0.2, 0.25) is 0 Å². The largest absolute Gasteiger partial charge is 0.383 e. The Bertz CT molecular complexity index is 266. The van der Waals surface area contributed by atoms with Gasteiger partial charge in [0.2, 0.25) is 0 Å². The number of aromatic nitrogens is 2. The minimum absolute atomic E-state index is 0.170. The molecule has 0 fully saturated rings. The summed E-state index contributed by atoms with van der Waals surface area (Å²) < 4.78 is 4.96. The SMILES string of the molecule is COCC(C)Nc1nccnc1N. The average molecular weight is 182 g/mol. The van der Waals surface area contributed by atoms with E-state index in [-0.39, 0.29) is 6.04 Å². The van der Waals surface area contributed by atoms with E-state index in [1.165, 1.54) is 0 Å². The molecule has 5 nitrogen and oxygen atoms in total. The van der Waals surface area contributed by atoms with Crippen molar-refractivity contribution in [3.8, 4) is 0 Å². The van der Waals surface area contributed by atoms with E-state index in [2.05, 4.69) is 15.3 Å². The molecule has 72 valence electrons. The Morgan fingerprint density at radius 1 is 1.54 bits per heavy atom. The highest BCUT2D eigenvalue weighted by molar-refractivity contribution is 5.55. The fourth-order valence-corrected chi connectivity index (χ4v) is 0.985. The van der Waals surface area contributed by atoms with Crippen LogP contribution in [0.15, 0.2) is 12.4 Å². The Kier molecular flexibility index (Phi) is 3.45. The van der Waals surface area contributed by atoms with Gasteiger partial charge in [0.1, 0.15) is 0 Å². The van der Waals surface area contributed by atoms with Gasteiger partial charge >= 0.3 is 0 Å². The molecule has 1 heterocycles. The molecule has 0 aliphatic carbocycles. The van der Waals surface area contributed by atoms with Crippen LogP contribution in [0, 0.1) is 0 Å². The van der Waals surface area contributed by atoms with Crippen molar-refractivity contribution >= 4 is 11.6 Å². The van der Waals surface area contributed by atoms with Crippen LogP contribution < -0.4 is 11.1 Å². The summed E-state index contributed by atoms with van der Waals surface area (Å²) in [5.74, 6) is 1.01. The van der Waals surface area contributed by atoms with Crippen molar-refractivity contribution in [3.63, 3.8) is 0 Å². The monoisotopic (exact) mass is 182 g/mol. The number of nitrogens with two attached hydrogens (primary N) is 1. The summed E-state index contributed by atoms with van der Waals surface area (Å²) in [7, 11) is 1.65. The Labute approximate surface area is 77.3 Å². The van der Waals surface area contributed by atoms with Gasteiger partial charge in [0.15, 0.2) is 11.6 Å². The second kappa shape index (κ2) is 4.61. The maximum atomic E-state index is 5.59. The number of ether oxygens (including phenoxy) is 1. The predicted molar refractivity (Wildman–Crippen MR) is 51.4 cm³/mol. The predicted octanol–water partition coefficient (Wildman–Crippen LogP) is 0.506. The van der Waals surface area contributed by atoms with Crippen LogP contribution in [0.25, 0.3) is 0 Å². The first-order chi connectivity index (χ1) is 6.24. The summed E-state index contributed by atoms with van der Waals surface area (Å²) in [6, 6.07) is 0.170. The van der Waals surface area contributed by atoms with Crippen molar-refractivity contribution in [2.24, 2.45) is 0 Å². The van der Waals surface area contributed by atoms with Gasteiger partial charge in [0.25, 0.3) is 0 Å². The Morgan fingerprint density at radius 2 is 2.23 bits per heavy atom. The molecule has 1 aromatic heterocycles. The Hall–Kier alpha value is -1.36. The zero-order valence-corrected chi connectivity index (χ0v) is 7.82. The van der Waals surface area contributed by atoms with Crippen LogP contribution in [0.5, 0.6) is 0 Å². The molecule has 0 bridgehead atoms. The highest BCUT2D eigenvalue weighted by atomic mass is 16.5. The first kappa shape index (κ1) is 9.73. The van der Waals surface area contributed by atoms with Crippen LogP contribution in [-0.4, -0.2) is 29.7 Å². The van der Waals surface area contributed by atoms with E-state index < -0.39 is 0 Å². The number of methoxy groups -OCH3 is 1. The lowest BCUT2D eigenvalue weighted by Gasteiger charge is -2.13. The van der Waals surface area contributed by atoms with Crippen LogP contribution >= 0.6 is 0 Å². The van der Waals surface area contributed by atoms with E-state index in [1.54, 1.807) is 19.5 Å². The van der Waals surface area contributed by atoms with Gasteiger partial charge in [-0.3, -0.25) is 0 Å². The smallest absolute Gasteiger partial charge is 0.169 e. The molecule has 1 atom stereocenters. The molecule has 0 aromatic carbocycles. The lowest BCUT2D eigenvalue weighted by molar-refractivity contribution is 0.190. The fourth-order valence-electron chi connectivity index (χ4n) is 0.985. The second-order valence-electron chi connectivity index (χ2n) is 2.79. The van der Waals surface area contributed by atoms with Gasteiger partial charge in [-0.15, -0.1) is 0 Å². The van der Waals surface area contributed by atoms with Gasteiger partial charge < -0.3 is 15.8 Å². The molecule has 0 saturated carbocycles. The van der Waals surface area contributed by atoms with Crippen molar-refractivity contribution in [3.05, 3.63) is 12.4 Å². The zero-order chi connectivity index (χ0) is 9.68. The molecular formula is C8H14N4O. The van der Waals surface area contributed by atoms with Crippen LogP contribution in [-0.2, 0) is 4.74 Å². The molecule has 0 aliphatic rings. The maximum absolute atomic E-state index is 5.59. The lowest BCUT2D eigenvalue weighted by Crippen LogP contribution is -2.22. The molecule has 1 unspecified atom stereocenters. The molecule has 0 radical (unpaired) electrons. The van der Waals surface area contributed by atoms with E-state index in [1.807, 2.05) is 6.92 Å². The first-order valence-electron chi connectivity index (χ1n) is 4.06. The topological polar surface area (TPSA) is 73.1 Å². The van der Waals surface area contributed by atoms with Gasteiger partial charge in [-0.1, -0.05) is 0 Å². The molecule has 1 rings (SSSR count). The normalized spacial score (nSPS) is 12.5. The van der Waals surface area contributed by atoms with Crippen molar-refractivity contribution in [2.75, 3.05) is 24.8 Å². The van der Waals surface area contributed by atoms with Crippen molar-refractivity contribution in [2.45, 2.75) is 13.0 Å². The third kappa shape index (κ3) is 2.87. The summed E-state index contributed by atoms with van der Waals surface area (Å²) in [5.41, 5.74) is 5.59. The number of hydrogen-bond acceptors (Lipinski definition) is 5. The zero-order valence-electron chi connectivity index (χ0n) is 7.82. The van der Waals surface area contributed by atoms with Gasteiger partial charge in [0.05, 0.1) is 6.61 Å². The maximum Gasteiger partial charge on any atom is 0.169 e. The van der Waals surface area contributed by atoms with Crippen LogP contribution in [0.1, 0.15) is 6.92 Å². The van der Waals surface area contributed by atoms with Gasteiger partial charge in [0, 0.05) is 25.5 Å².